The Labute approximate surface area is 127 Å². The van der Waals surface area contributed by atoms with E-state index in [1.54, 1.807) is 18.2 Å². The second-order valence-electron chi connectivity index (χ2n) is 5.43. The Hall–Kier alpha value is -2.88. The standard InChI is InChI=1S/C18H14N2O2/c21-18(22)13-5-3-6-14(10-13)20-17-9-8-12-4-1-2-7-15(12)16(17)11-19-20/h1-7,10-11H,8-9H2,(H,21,22). The van der Waals surface area contributed by atoms with Crippen LogP contribution in [0.2, 0.25) is 0 Å². The van der Waals surface area contributed by atoms with E-state index in [0.717, 1.165) is 29.8 Å². The molecule has 4 heteroatoms. The second kappa shape index (κ2) is 4.84. The quantitative estimate of drug-likeness (QED) is 0.787. The minimum Gasteiger partial charge on any atom is -0.478 e. The summed E-state index contributed by atoms with van der Waals surface area (Å²) in [6.45, 7) is 0. The molecule has 0 fully saturated rings. The highest BCUT2D eigenvalue weighted by Gasteiger charge is 2.21. The molecule has 0 unspecified atom stereocenters. The molecule has 0 radical (unpaired) electrons. The summed E-state index contributed by atoms with van der Waals surface area (Å²) in [4.78, 5) is 11.1. The predicted octanol–water partition coefficient (Wildman–Crippen LogP) is 3.34. The first-order chi connectivity index (χ1) is 10.7. The van der Waals surface area contributed by atoms with Crippen LogP contribution >= 0.6 is 0 Å². The number of carbonyl (C=O) groups is 1. The Morgan fingerprint density at radius 1 is 1.05 bits per heavy atom. The maximum atomic E-state index is 11.1. The molecule has 4 nitrogen and oxygen atoms in total. The highest BCUT2D eigenvalue weighted by Crippen LogP contribution is 2.34. The number of carboxylic acids is 1. The molecular weight excluding hydrogens is 276 g/mol. The third-order valence-electron chi connectivity index (χ3n) is 4.15. The van der Waals surface area contributed by atoms with Gasteiger partial charge in [0.05, 0.1) is 23.1 Å². The van der Waals surface area contributed by atoms with Crippen molar-refractivity contribution in [3.8, 4) is 16.8 Å². The Kier molecular flexibility index (Phi) is 2.82. The van der Waals surface area contributed by atoms with E-state index in [2.05, 4.69) is 23.3 Å². The zero-order valence-electron chi connectivity index (χ0n) is 11.9. The number of rotatable bonds is 2. The Balaban J connectivity index is 1.86. The molecule has 0 saturated heterocycles. The van der Waals surface area contributed by atoms with Gasteiger partial charge in [0.1, 0.15) is 0 Å². The molecule has 3 aromatic rings. The smallest absolute Gasteiger partial charge is 0.335 e. The first-order valence-electron chi connectivity index (χ1n) is 7.23. The van der Waals surface area contributed by atoms with E-state index >= 15 is 0 Å². The van der Waals surface area contributed by atoms with E-state index < -0.39 is 5.97 Å². The van der Waals surface area contributed by atoms with E-state index in [9.17, 15) is 4.79 Å². The molecule has 0 bridgehead atoms. The first kappa shape index (κ1) is 12.8. The predicted molar refractivity (Wildman–Crippen MR) is 83.4 cm³/mol. The van der Waals surface area contributed by atoms with Gasteiger partial charge >= 0.3 is 5.97 Å². The lowest BCUT2D eigenvalue weighted by molar-refractivity contribution is 0.0697. The first-order valence-corrected chi connectivity index (χ1v) is 7.23. The number of nitrogens with zero attached hydrogens (tertiary/aromatic N) is 2. The summed E-state index contributed by atoms with van der Waals surface area (Å²) in [5.41, 5.74) is 5.92. The Bertz CT molecular complexity index is 880. The zero-order chi connectivity index (χ0) is 15.1. The van der Waals surface area contributed by atoms with Crippen molar-refractivity contribution >= 4 is 5.97 Å². The van der Waals surface area contributed by atoms with E-state index in [4.69, 9.17) is 5.11 Å². The van der Waals surface area contributed by atoms with Gasteiger partial charge in [0.2, 0.25) is 0 Å². The molecule has 0 atom stereocenters. The molecule has 2 aromatic carbocycles. The zero-order valence-corrected chi connectivity index (χ0v) is 11.9. The maximum absolute atomic E-state index is 11.1. The van der Waals surface area contributed by atoms with Gasteiger partial charge in [0.25, 0.3) is 0 Å². The largest absolute Gasteiger partial charge is 0.478 e. The lowest BCUT2D eigenvalue weighted by Crippen LogP contribution is -2.09. The fourth-order valence-corrected chi connectivity index (χ4v) is 3.09. The van der Waals surface area contributed by atoms with Crippen LogP contribution in [-0.4, -0.2) is 20.9 Å². The van der Waals surface area contributed by atoms with Gasteiger partial charge in [-0.3, -0.25) is 0 Å². The monoisotopic (exact) mass is 290 g/mol. The van der Waals surface area contributed by atoms with Crippen LogP contribution in [0.5, 0.6) is 0 Å². The lowest BCUT2D eigenvalue weighted by atomic mass is 9.90. The topological polar surface area (TPSA) is 55.1 Å². The summed E-state index contributed by atoms with van der Waals surface area (Å²) in [5.74, 6) is -0.923. The van der Waals surface area contributed by atoms with E-state index in [0.29, 0.717) is 0 Å². The highest BCUT2D eigenvalue weighted by molar-refractivity contribution is 5.88. The summed E-state index contributed by atoms with van der Waals surface area (Å²) in [5, 5.41) is 13.6. The number of aromatic nitrogens is 2. The van der Waals surface area contributed by atoms with Gasteiger partial charge in [-0.25, -0.2) is 9.48 Å². The van der Waals surface area contributed by atoms with Crippen LogP contribution < -0.4 is 0 Å². The van der Waals surface area contributed by atoms with E-state index in [-0.39, 0.29) is 5.56 Å². The molecule has 1 aliphatic rings. The van der Waals surface area contributed by atoms with Crippen molar-refractivity contribution in [3.63, 3.8) is 0 Å². The van der Waals surface area contributed by atoms with Crippen LogP contribution in [0.15, 0.2) is 54.7 Å². The van der Waals surface area contributed by atoms with Gasteiger partial charge in [0.15, 0.2) is 0 Å². The van der Waals surface area contributed by atoms with Crippen LogP contribution in [0.25, 0.3) is 16.8 Å². The number of hydrogen-bond acceptors (Lipinski definition) is 2. The molecule has 22 heavy (non-hydrogen) atoms. The average molecular weight is 290 g/mol. The number of aryl methyl sites for hydroxylation is 1. The average Bonchev–Trinajstić information content (AvgIpc) is 2.99. The maximum Gasteiger partial charge on any atom is 0.335 e. The van der Waals surface area contributed by atoms with Gasteiger partial charge in [-0.15, -0.1) is 0 Å². The minimum atomic E-state index is -0.923. The number of carboxylic acid groups (broad SMARTS) is 1. The highest BCUT2D eigenvalue weighted by atomic mass is 16.4. The molecule has 0 spiro atoms. The normalized spacial score (nSPS) is 12.5. The molecule has 1 aromatic heterocycles. The summed E-state index contributed by atoms with van der Waals surface area (Å²) in [6, 6.07) is 15.3. The number of hydrogen-bond donors (Lipinski definition) is 1. The molecule has 1 aliphatic carbocycles. The molecule has 0 aliphatic heterocycles. The summed E-state index contributed by atoms with van der Waals surface area (Å²) in [6.07, 6.45) is 3.76. The van der Waals surface area contributed by atoms with Crippen molar-refractivity contribution in [3.05, 3.63) is 71.5 Å². The van der Waals surface area contributed by atoms with Crippen molar-refractivity contribution < 1.29 is 9.90 Å². The fraction of sp³-hybridized carbons (Fsp3) is 0.111. The lowest BCUT2D eigenvalue weighted by Gasteiger charge is -2.17. The molecule has 1 heterocycles. The van der Waals surface area contributed by atoms with Crippen molar-refractivity contribution in [2.45, 2.75) is 12.8 Å². The molecule has 1 N–H and O–H groups in total. The van der Waals surface area contributed by atoms with Crippen LogP contribution in [0.4, 0.5) is 0 Å². The summed E-state index contributed by atoms with van der Waals surface area (Å²) < 4.78 is 1.86. The summed E-state index contributed by atoms with van der Waals surface area (Å²) in [7, 11) is 0. The molecule has 108 valence electrons. The Morgan fingerprint density at radius 3 is 2.77 bits per heavy atom. The summed E-state index contributed by atoms with van der Waals surface area (Å²) >= 11 is 0. The van der Waals surface area contributed by atoms with Gasteiger partial charge in [-0.1, -0.05) is 30.3 Å². The number of benzene rings is 2. The van der Waals surface area contributed by atoms with Gasteiger partial charge in [-0.2, -0.15) is 5.10 Å². The van der Waals surface area contributed by atoms with Crippen LogP contribution in [0.1, 0.15) is 21.6 Å². The third-order valence-corrected chi connectivity index (χ3v) is 4.15. The Morgan fingerprint density at radius 2 is 1.91 bits per heavy atom. The SMILES string of the molecule is O=C(O)c1cccc(-n2ncc3c2CCc2ccccc2-3)c1. The van der Waals surface area contributed by atoms with Crippen molar-refractivity contribution in [1.82, 2.24) is 9.78 Å². The van der Waals surface area contributed by atoms with E-state index in [1.807, 2.05) is 23.0 Å². The molecule has 0 amide bonds. The molecule has 4 rings (SSSR count). The molecule has 0 saturated carbocycles. The van der Waals surface area contributed by atoms with E-state index in [1.165, 1.54) is 11.1 Å². The van der Waals surface area contributed by atoms with Crippen molar-refractivity contribution in [2.75, 3.05) is 0 Å². The van der Waals surface area contributed by atoms with Crippen LogP contribution in [0.3, 0.4) is 0 Å². The van der Waals surface area contributed by atoms with Crippen molar-refractivity contribution in [1.29, 1.82) is 0 Å². The second-order valence-corrected chi connectivity index (χ2v) is 5.43. The van der Waals surface area contributed by atoms with Crippen molar-refractivity contribution in [2.24, 2.45) is 0 Å². The number of fused-ring (bicyclic) bond motifs is 3. The van der Waals surface area contributed by atoms with Gasteiger partial charge in [-0.05, 0) is 42.2 Å². The number of aromatic carboxylic acids is 1. The van der Waals surface area contributed by atoms with Gasteiger partial charge < -0.3 is 5.11 Å². The van der Waals surface area contributed by atoms with Crippen LogP contribution in [0, 0.1) is 0 Å². The van der Waals surface area contributed by atoms with Gasteiger partial charge in [0, 0.05) is 5.56 Å². The third kappa shape index (κ3) is 1.92. The van der Waals surface area contributed by atoms with Crippen LogP contribution in [-0.2, 0) is 12.8 Å². The molecular formula is C18H14N2O2. The minimum absolute atomic E-state index is 0.276. The fourth-order valence-electron chi connectivity index (χ4n) is 3.09.